The zero-order chi connectivity index (χ0) is 26.9. The van der Waals surface area contributed by atoms with Gasteiger partial charge in [-0.25, -0.2) is 13.6 Å². The number of anilines is 4. The van der Waals surface area contributed by atoms with Gasteiger partial charge < -0.3 is 10.6 Å². The fourth-order valence-electron chi connectivity index (χ4n) is 4.06. The Morgan fingerprint density at radius 2 is 1.18 bits per heavy atom. The van der Waals surface area contributed by atoms with E-state index < -0.39 is 0 Å². The lowest BCUT2D eigenvalue weighted by Crippen LogP contribution is -2.25. The van der Waals surface area contributed by atoms with E-state index in [1.165, 1.54) is 46.9 Å². The molecule has 3 aromatic heterocycles. The highest BCUT2D eigenvalue weighted by molar-refractivity contribution is 7.15. The molecule has 0 bridgehead atoms. The first-order valence-electron chi connectivity index (χ1n) is 11.8. The smallest absolute Gasteiger partial charge is 0.329 e. The highest BCUT2D eigenvalue weighted by Gasteiger charge is 2.18. The van der Waals surface area contributed by atoms with Crippen LogP contribution in [-0.2, 0) is 13.1 Å². The Balaban J connectivity index is 1.25. The molecule has 0 radical (unpaired) electrons. The standard InChI is InChI=1S/C26H20F2N8OS2/c1-15-2-11-20-21(12-15)36(14-23-32-34-25(39-23)30-19-9-5-17(28)6-10-19)26(37)35(20)13-22-31-33-24(38-22)29-18-7-3-16(27)4-8-18/h2-12H,13-14H2,1H3,(H,29,33)(H,30,34). The SMILES string of the molecule is Cc1ccc2c(c1)n(Cc1nnc(Nc3ccc(F)cc3)s1)c(=O)n2Cc1nnc(Nc2ccc(F)cc2)s1. The molecule has 0 amide bonds. The summed E-state index contributed by atoms with van der Waals surface area (Å²) in [6.07, 6.45) is 0. The molecule has 0 aliphatic carbocycles. The summed E-state index contributed by atoms with van der Waals surface area (Å²) in [5, 5.41) is 25.4. The van der Waals surface area contributed by atoms with E-state index in [4.69, 9.17) is 0 Å². The topological polar surface area (TPSA) is 103 Å². The van der Waals surface area contributed by atoms with Crippen molar-refractivity contribution in [1.29, 1.82) is 0 Å². The molecule has 0 fully saturated rings. The molecule has 0 saturated carbocycles. The zero-order valence-electron chi connectivity index (χ0n) is 20.4. The maximum absolute atomic E-state index is 13.6. The predicted molar refractivity (Wildman–Crippen MR) is 148 cm³/mol. The number of aryl methyl sites for hydroxylation is 1. The Morgan fingerprint density at radius 1 is 0.692 bits per heavy atom. The van der Waals surface area contributed by atoms with Crippen molar-refractivity contribution in [2.75, 3.05) is 10.6 Å². The predicted octanol–water partition coefficient (Wildman–Crippen LogP) is 5.68. The van der Waals surface area contributed by atoms with Gasteiger partial charge in [-0.3, -0.25) is 9.13 Å². The van der Waals surface area contributed by atoms with E-state index in [2.05, 4.69) is 31.0 Å². The van der Waals surface area contributed by atoms with E-state index in [0.717, 1.165) is 16.6 Å². The molecule has 0 unspecified atom stereocenters. The monoisotopic (exact) mass is 562 g/mol. The van der Waals surface area contributed by atoms with Crippen LogP contribution in [0.3, 0.4) is 0 Å². The first kappa shape index (κ1) is 24.8. The third kappa shape index (κ3) is 5.40. The lowest BCUT2D eigenvalue weighted by atomic mass is 10.2. The van der Waals surface area contributed by atoms with Crippen molar-refractivity contribution in [2.24, 2.45) is 0 Å². The summed E-state index contributed by atoms with van der Waals surface area (Å²) in [4.78, 5) is 13.6. The van der Waals surface area contributed by atoms with Gasteiger partial charge in [0.25, 0.3) is 0 Å². The molecular weight excluding hydrogens is 542 g/mol. The van der Waals surface area contributed by atoms with Crippen molar-refractivity contribution in [1.82, 2.24) is 29.5 Å². The van der Waals surface area contributed by atoms with Crippen LogP contribution in [0.4, 0.5) is 30.4 Å². The Morgan fingerprint density at radius 3 is 1.69 bits per heavy atom. The van der Waals surface area contributed by atoms with Crippen LogP contribution >= 0.6 is 22.7 Å². The second kappa shape index (κ2) is 10.3. The number of nitrogens with zero attached hydrogens (tertiary/aromatic N) is 6. The minimum absolute atomic E-state index is 0.206. The summed E-state index contributed by atoms with van der Waals surface area (Å²) in [7, 11) is 0. The maximum Gasteiger partial charge on any atom is 0.329 e. The van der Waals surface area contributed by atoms with Crippen molar-refractivity contribution >= 4 is 55.3 Å². The number of hydrogen-bond acceptors (Lipinski definition) is 9. The molecule has 39 heavy (non-hydrogen) atoms. The number of fused-ring (bicyclic) bond motifs is 1. The van der Waals surface area contributed by atoms with Crippen LogP contribution in [0.2, 0.25) is 0 Å². The minimum Gasteiger partial charge on any atom is -0.330 e. The highest BCUT2D eigenvalue weighted by Crippen LogP contribution is 2.25. The van der Waals surface area contributed by atoms with E-state index in [0.29, 0.717) is 31.7 Å². The molecule has 0 aliphatic heterocycles. The third-order valence-electron chi connectivity index (χ3n) is 5.89. The zero-order valence-corrected chi connectivity index (χ0v) is 22.1. The lowest BCUT2D eigenvalue weighted by molar-refractivity contribution is 0.627. The number of benzene rings is 3. The highest BCUT2D eigenvalue weighted by atomic mass is 32.1. The average Bonchev–Trinajstić information content (AvgIpc) is 3.62. The molecule has 2 N–H and O–H groups in total. The Hall–Kier alpha value is -4.49. The fourth-order valence-corrected chi connectivity index (χ4v) is 5.55. The molecule has 0 atom stereocenters. The van der Waals surface area contributed by atoms with Gasteiger partial charge >= 0.3 is 5.69 Å². The number of halogens is 2. The summed E-state index contributed by atoms with van der Waals surface area (Å²) in [5.41, 5.74) is 3.73. The van der Waals surface area contributed by atoms with Crippen molar-refractivity contribution in [3.05, 3.63) is 104 Å². The van der Waals surface area contributed by atoms with Crippen molar-refractivity contribution in [3.8, 4) is 0 Å². The molecule has 0 saturated heterocycles. The molecular formula is C26H20F2N8OS2. The van der Waals surface area contributed by atoms with Crippen LogP contribution in [0, 0.1) is 18.6 Å². The molecule has 13 heteroatoms. The van der Waals surface area contributed by atoms with E-state index in [9.17, 15) is 13.6 Å². The molecule has 9 nitrogen and oxygen atoms in total. The normalized spacial score (nSPS) is 11.3. The number of rotatable bonds is 8. The van der Waals surface area contributed by atoms with Crippen LogP contribution in [-0.4, -0.2) is 29.5 Å². The quantitative estimate of drug-likeness (QED) is 0.246. The molecule has 3 aromatic carbocycles. The Kier molecular flexibility index (Phi) is 6.59. The summed E-state index contributed by atoms with van der Waals surface area (Å²) in [5.74, 6) is -0.642. The summed E-state index contributed by atoms with van der Waals surface area (Å²) >= 11 is 2.64. The van der Waals surface area contributed by atoms with Gasteiger partial charge in [-0.05, 0) is 73.2 Å². The van der Waals surface area contributed by atoms with Crippen molar-refractivity contribution in [3.63, 3.8) is 0 Å². The van der Waals surface area contributed by atoms with Crippen LogP contribution < -0.4 is 16.3 Å². The van der Waals surface area contributed by atoms with E-state index in [-0.39, 0.29) is 30.4 Å². The maximum atomic E-state index is 13.6. The number of imidazole rings is 1. The molecule has 6 rings (SSSR count). The molecule has 6 aromatic rings. The molecule has 0 aliphatic rings. The van der Waals surface area contributed by atoms with Crippen molar-refractivity contribution in [2.45, 2.75) is 20.0 Å². The Labute approximate surface area is 228 Å². The first-order valence-corrected chi connectivity index (χ1v) is 13.4. The first-order chi connectivity index (χ1) is 18.9. The molecule has 0 spiro atoms. The number of nitrogens with one attached hydrogen (secondary N) is 2. The van der Waals surface area contributed by atoms with E-state index >= 15 is 0 Å². The van der Waals surface area contributed by atoms with Gasteiger partial charge in [-0.2, -0.15) is 0 Å². The van der Waals surface area contributed by atoms with Crippen LogP contribution in [0.1, 0.15) is 15.6 Å². The summed E-state index contributed by atoms with van der Waals surface area (Å²) in [6.45, 7) is 2.45. The lowest BCUT2D eigenvalue weighted by Gasteiger charge is -2.01. The van der Waals surface area contributed by atoms with E-state index in [1.54, 1.807) is 33.4 Å². The van der Waals surface area contributed by atoms with Crippen molar-refractivity contribution < 1.29 is 8.78 Å². The molecule has 196 valence electrons. The largest absolute Gasteiger partial charge is 0.330 e. The summed E-state index contributed by atoms with van der Waals surface area (Å²) in [6, 6.07) is 17.8. The molecule has 3 heterocycles. The minimum atomic E-state index is -0.321. The summed E-state index contributed by atoms with van der Waals surface area (Å²) < 4.78 is 29.7. The third-order valence-corrected chi connectivity index (χ3v) is 7.53. The average molecular weight is 563 g/mol. The van der Waals surface area contributed by atoms with E-state index in [1.807, 2.05) is 25.1 Å². The van der Waals surface area contributed by atoms with Gasteiger partial charge in [0.1, 0.15) is 21.6 Å². The second-order valence-corrected chi connectivity index (χ2v) is 10.8. The fraction of sp³-hybridized carbons (Fsp3) is 0.115. The van der Waals surface area contributed by atoms with Crippen LogP contribution in [0.5, 0.6) is 0 Å². The number of aromatic nitrogens is 6. The van der Waals surface area contributed by atoms with Crippen LogP contribution in [0.15, 0.2) is 71.5 Å². The van der Waals surface area contributed by atoms with Gasteiger partial charge in [0.05, 0.1) is 24.1 Å². The number of hydrogen-bond donors (Lipinski definition) is 2. The Bertz CT molecular complexity index is 1820. The second-order valence-electron chi connectivity index (χ2n) is 8.71. The van der Waals surface area contributed by atoms with Gasteiger partial charge in [0.15, 0.2) is 0 Å². The van der Waals surface area contributed by atoms with Gasteiger partial charge in [0.2, 0.25) is 10.3 Å². The van der Waals surface area contributed by atoms with Crippen LogP contribution in [0.25, 0.3) is 11.0 Å². The van der Waals surface area contributed by atoms with Gasteiger partial charge in [-0.1, -0.05) is 28.7 Å². The van der Waals surface area contributed by atoms with Gasteiger partial charge in [0, 0.05) is 11.4 Å². The van der Waals surface area contributed by atoms with Gasteiger partial charge in [-0.15, -0.1) is 20.4 Å².